The van der Waals surface area contributed by atoms with E-state index >= 15 is 0 Å². The van der Waals surface area contributed by atoms with Gasteiger partial charge in [0.1, 0.15) is 5.76 Å². The average molecular weight is 276 g/mol. The van der Waals surface area contributed by atoms with Gasteiger partial charge in [-0.1, -0.05) is 13.3 Å². The van der Waals surface area contributed by atoms with Crippen LogP contribution < -0.4 is 10.6 Å². The molecule has 3 atom stereocenters. The van der Waals surface area contributed by atoms with E-state index in [1.807, 2.05) is 6.07 Å². The standard InChI is InChI=1S/C16H24N2O2/c1-2-11-6-8-17-14(10-11)16(19)18-13-4-3-5-15-12(13)7-9-20-15/h7,9,11,13-14,17H,2-6,8,10H2,1H3,(H,18,19). The predicted molar refractivity (Wildman–Crippen MR) is 77.3 cm³/mol. The Bertz CT molecular complexity index is 469. The molecule has 2 aliphatic rings. The van der Waals surface area contributed by atoms with Crippen molar-refractivity contribution in [2.45, 2.75) is 57.5 Å². The molecule has 20 heavy (non-hydrogen) atoms. The van der Waals surface area contributed by atoms with Crippen molar-refractivity contribution in [2.24, 2.45) is 5.92 Å². The minimum Gasteiger partial charge on any atom is -0.469 e. The van der Waals surface area contributed by atoms with Gasteiger partial charge in [-0.3, -0.25) is 4.79 Å². The molecule has 0 radical (unpaired) electrons. The predicted octanol–water partition coefficient (Wildman–Crippen LogP) is 2.55. The van der Waals surface area contributed by atoms with Crippen molar-refractivity contribution in [3.63, 3.8) is 0 Å². The lowest BCUT2D eigenvalue weighted by atomic mass is 9.89. The SMILES string of the molecule is CCC1CCNC(C(=O)NC2CCCc3occc32)C1. The summed E-state index contributed by atoms with van der Waals surface area (Å²) in [7, 11) is 0. The second-order valence-electron chi connectivity index (χ2n) is 6.06. The van der Waals surface area contributed by atoms with E-state index in [2.05, 4.69) is 17.6 Å². The molecular weight excluding hydrogens is 252 g/mol. The summed E-state index contributed by atoms with van der Waals surface area (Å²) in [6.07, 6.45) is 8.16. The monoisotopic (exact) mass is 276 g/mol. The Labute approximate surface area is 120 Å². The van der Waals surface area contributed by atoms with Crippen LogP contribution in [0.1, 0.15) is 56.4 Å². The first-order valence-corrected chi connectivity index (χ1v) is 7.88. The molecule has 1 amide bonds. The molecule has 0 spiro atoms. The van der Waals surface area contributed by atoms with Crippen LogP contribution in [0.2, 0.25) is 0 Å². The Morgan fingerprint density at radius 1 is 1.50 bits per heavy atom. The van der Waals surface area contributed by atoms with Gasteiger partial charge >= 0.3 is 0 Å². The van der Waals surface area contributed by atoms with E-state index in [0.29, 0.717) is 5.92 Å². The zero-order valence-electron chi connectivity index (χ0n) is 12.2. The van der Waals surface area contributed by atoms with E-state index < -0.39 is 0 Å². The molecule has 2 heterocycles. The molecule has 1 aromatic heterocycles. The molecule has 2 N–H and O–H groups in total. The van der Waals surface area contributed by atoms with Crippen LogP contribution in [0, 0.1) is 5.92 Å². The summed E-state index contributed by atoms with van der Waals surface area (Å²) in [6.45, 7) is 3.17. The van der Waals surface area contributed by atoms with Gasteiger partial charge in [-0.25, -0.2) is 0 Å². The lowest BCUT2D eigenvalue weighted by Crippen LogP contribution is -2.49. The lowest BCUT2D eigenvalue weighted by Gasteiger charge is -2.31. The molecule has 1 aliphatic carbocycles. The van der Waals surface area contributed by atoms with Gasteiger partial charge in [0.2, 0.25) is 5.91 Å². The quantitative estimate of drug-likeness (QED) is 0.892. The largest absolute Gasteiger partial charge is 0.469 e. The summed E-state index contributed by atoms with van der Waals surface area (Å²) < 4.78 is 5.48. The number of carbonyl (C=O) groups excluding carboxylic acids is 1. The maximum atomic E-state index is 12.5. The molecule has 1 fully saturated rings. The van der Waals surface area contributed by atoms with Crippen molar-refractivity contribution in [2.75, 3.05) is 6.54 Å². The summed E-state index contributed by atoms with van der Waals surface area (Å²) in [5, 5.41) is 6.57. The third-order valence-electron chi connectivity index (χ3n) is 4.77. The van der Waals surface area contributed by atoms with Gasteiger partial charge in [0.25, 0.3) is 0 Å². The Balaban J connectivity index is 1.62. The molecule has 1 saturated heterocycles. The van der Waals surface area contributed by atoms with Gasteiger partial charge in [0, 0.05) is 12.0 Å². The summed E-state index contributed by atoms with van der Waals surface area (Å²) in [6, 6.07) is 2.11. The fourth-order valence-corrected chi connectivity index (χ4v) is 3.48. The lowest BCUT2D eigenvalue weighted by molar-refractivity contribution is -0.125. The third-order valence-corrected chi connectivity index (χ3v) is 4.77. The molecule has 0 aromatic carbocycles. The van der Waals surface area contributed by atoms with Crippen LogP contribution in [-0.2, 0) is 11.2 Å². The summed E-state index contributed by atoms with van der Waals surface area (Å²) in [5.41, 5.74) is 1.17. The molecule has 3 unspecified atom stereocenters. The van der Waals surface area contributed by atoms with Gasteiger partial charge in [0.05, 0.1) is 18.3 Å². The molecule has 0 saturated carbocycles. The first-order chi connectivity index (χ1) is 9.78. The van der Waals surface area contributed by atoms with Crippen molar-refractivity contribution in [1.82, 2.24) is 10.6 Å². The highest BCUT2D eigenvalue weighted by molar-refractivity contribution is 5.82. The van der Waals surface area contributed by atoms with Gasteiger partial charge in [-0.2, -0.15) is 0 Å². The Morgan fingerprint density at radius 2 is 2.40 bits per heavy atom. The van der Waals surface area contributed by atoms with Crippen molar-refractivity contribution in [1.29, 1.82) is 0 Å². The molecule has 3 rings (SSSR count). The topological polar surface area (TPSA) is 54.3 Å². The van der Waals surface area contributed by atoms with E-state index in [-0.39, 0.29) is 18.0 Å². The van der Waals surface area contributed by atoms with E-state index in [9.17, 15) is 4.79 Å². The number of hydrogen-bond acceptors (Lipinski definition) is 3. The Kier molecular flexibility index (Phi) is 4.10. The number of carbonyl (C=O) groups is 1. The minimum atomic E-state index is -0.0222. The summed E-state index contributed by atoms with van der Waals surface area (Å²) in [4.78, 5) is 12.5. The zero-order valence-corrected chi connectivity index (χ0v) is 12.2. The molecule has 4 nitrogen and oxygen atoms in total. The molecule has 110 valence electrons. The zero-order chi connectivity index (χ0) is 13.9. The maximum Gasteiger partial charge on any atom is 0.237 e. The summed E-state index contributed by atoms with van der Waals surface area (Å²) >= 11 is 0. The number of aryl methyl sites for hydroxylation is 1. The van der Waals surface area contributed by atoms with E-state index in [4.69, 9.17) is 4.42 Å². The van der Waals surface area contributed by atoms with Crippen molar-refractivity contribution in [3.05, 3.63) is 23.7 Å². The van der Waals surface area contributed by atoms with Gasteiger partial charge in [-0.05, 0) is 44.2 Å². The fraction of sp³-hybridized carbons (Fsp3) is 0.688. The van der Waals surface area contributed by atoms with Crippen molar-refractivity contribution >= 4 is 5.91 Å². The highest BCUT2D eigenvalue weighted by Crippen LogP contribution is 2.30. The third kappa shape index (κ3) is 2.75. The average Bonchev–Trinajstić information content (AvgIpc) is 2.97. The molecule has 1 aliphatic heterocycles. The number of nitrogens with one attached hydrogen (secondary N) is 2. The van der Waals surface area contributed by atoms with E-state index in [1.165, 1.54) is 18.4 Å². The molecule has 4 heteroatoms. The number of furan rings is 1. The highest BCUT2D eigenvalue weighted by Gasteiger charge is 2.29. The van der Waals surface area contributed by atoms with Crippen LogP contribution in [0.15, 0.2) is 16.7 Å². The van der Waals surface area contributed by atoms with Crippen LogP contribution in [0.5, 0.6) is 0 Å². The number of rotatable bonds is 3. The number of fused-ring (bicyclic) bond motifs is 1. The second kappa shape index (κ2) is 6.00. The molecule has 1 aromatic rings. The normalized spacial score (nSPS) is 29.8. The second-order valence-corrected chi connectivity index (χ2v) is 6.06. The van der Waals surface area contributed by atoms with Crippen molar-refractivity contribution in [3.8, 4) is 0 Å². The Hall–Kier alpha value is -1.29. The molecule has 0 bridgehead atoms. The van der Waals surface area contributed by atoms with Crippen LogP contribution in [-0.4, -0.2) is 18.5 Å². The van der Waals surface area contributed by atoms with Crippen LogP contribution in [0.4, 0.5) is 0 Å². The van der Waals surface area contributed by atoms with Crippen LogP contribution in [0.25, 0.3) is 0 Å². The number of amides is 1. The van der Waals surface area contributed by atoms with Gasteiger partial charge in [-0.15, -0.1) is 0 Å². The first kappa shape index (κ1) is 13.7. The Morgan fingerprint density at radius 3 is 3.25 bits per heavy atom. The summed E-state index contributed by atoms with van der Waals surface area (Å²) in [5.74, 6) is 1.88. The first-order valence-electron chi connectivity index (χ1n) is 7.88. The maximum absolute atomic E-state index is 12.5. The minimum absolute atomic E-state index is 0.0222. The smallest absolute Gasteiger partial charge is 0.237 e. The van der Waals surface area contributed by atoms with E-state index in [1.54, 1.807) is 6.26 Å². The fourth-order valence-electron chi connectivity index (χ4n) is 3.48. The van der Waals surface area contributed by atoms with Crippen molar-refractivity contribution < 1.29 is 9.21 Å². The van der Waals surface area contributed by atoms with E-state index in [0.717, 1.165) is 38.0 Å². The number of piperidine rings is 1. The van der Waals surface area contributed by atoms with Gasteiger partial charge in [0.15, 0.2) is 0 Å². The van der Waals surface area contributed by atoms with Crippen LogP contribution >= 0.6 is 0 Å². The number of hydrogen-bond donors (Lipinski definition) is 2. The molecular formula is C16H24N2O2. The van der Waals surface area contributed by atoms with Crippen LogP contribution in [0.3, 0.4) is 0 Å². The van der Waals surface area contributed by atoms with Gasteiger partial charge < -0.3 is 15.1 Å². The highest BCUT2D eigenvalue weighted by atomic mass is 16.3.